The molecule has 20 heavy (non-hydrogen) atoms. The molecule has 0 radical (unpaired) electrons. The van der Waals surface area contributed by atoms with Gasteiger partial charge in [0.05, 0.1) is 24.0 Å². The molecule has 0 aliphatic rings. The van der Waals surface area contributed by atoms with Crippen LogP contribution in [0.15, 0.2) is 24.4 Å². The van der Waals surface area contributed by atoms with Gasteiger partial charge in [-0.1, -0.05) is 5.21 Å². The second kappa shape index (κ2) is 6.63. The first-order chi connectivity index (χ1) is 9.72. The molecule has 0 aliphatic heterocycles. The van der Waals surface area contributed by atoms with E-state index in [0.29, 0.717) is 30.9 Å². The van der Waals surface area contributed by atoms with Crippen LogP contribution in [0, 0.1) is 17.1 Å². The first kappa shape index (κ1) is 14.0. The second-order valence-electron chi connectivity index (χ2n) is 4.21. The standard InChI is InChI=1S/C13H14FN5O/c14-11-2-3-13(10(6-11)7-15)16-8-12-9-19(18-17-12)4-1-5-20/h2-3,6,9,16,20H,1,4-5,8H2. The summed E-state index contributed by atoms with van der Waals surface area (Å²) in [5.74, 6) is -0.443. The SMILES string of the molecule is N#Cc1cc(F)ccc1NCc1cn(CCCO)nn1. The molecule has 0 amide bonds. The van der Waals surface area contributed by atoms with Crippen LogP contribution in [0.2, 0.25) is 0 Å². The number of nitrogens with zero attached hydrogens (tertiary/aromatic N) is 4. The largest absolute Gasteiger partial charge is 0.396 e. The summed E-state index contributed by atoms with van der Waals surface area (Å²) in [7, 11) is 0. The van der Waals surface area contributed by atoms with E-state index in [2.05, 4.69) is 15.6 Å². The minimum absolute atomic E-state index is 0.106. The number of aryl methyl sites for hydroxylation is 1. The number of rotatable bonds is 6. The summed E-state index contributed by atoms with van der Waals surface area (Å²) in [5.41, 5.74) is 1.51. The molecule has 0 saturated carbocycles. The number of aromatic nitrogens is 3. The van der Waals surface area contributed by atoms with E-state index >= 15 is 0 Å². The molecule has 2 aromatic rings. The summed E-state index contributed by atoms with van der Waals surface area (Å²) in [4.78, 5) is 0. The Morgan fingerprint density at radius 3 is 3.05 bits per heavy atom. The summed E-state index contributed by atoms with van der Waals surface area (Å²) in [6, 6.07) is 5.93. The fraction of sp³-hybridized carbons (Fsp3) is 0.308. The van der Waals surface area contributed by atoms with Crippen molar-refractivity contribution >= 4 is 5.69 Å². The maximum Gasteiger partial charge on any atom is 0.124 e. The highest BCUT2D eigenvalue weighted by Crippen LogP contribution is 2.16. The van der Waals surface area contributed by atoms with Gasteiger partial charge < -0.3 is 10.4 Å². The van der Waals surface area contributed by atoms with Crippen molar-refractivity contribution < 1.29 is 9.50 Å². The van der Waals surface area contributed by atoms with Gasteiger partial charge in [-0.05, 0) is 24.6 Å². The van der Waals surface area contributed by atoms with Crippen LogP contribution in [0.4, 0.5) is 10.1 Å². The highest BCUT2D eigenvalue weighted by molar-refractivity contribution is 5.57. The lowest BCUT2D eigenvalue weighted by Gasteiger charge is -2.05. The van der Waals surface area contributed by atoms with E-state index in [0.717, 1.165) is 0 Å². The number of hydrogen-bond acceptors (Lipinski definition) is 5. The monoisotopic (exact) mass is 275 g/mol. The predicted octanol–water partition coefficient (Wildman–Crippen LogP) is 1.28. The molecule has 0 saturated heterocycles. The Hall–Kier alpha value is -2.46. The fourth-order valence-corrected chi connectivity index (χ4v) is 1.71. The smallest absolute Gasteiger partial charge is 0.124 e. The van der Waals surface area contributed by atoms with Crippen molar-refractivity contribution in [2.45, 2.75) is 19.5 Å². The van der Waals surface area contributed by atoms with E-state index in [-0.39, 0.29) is 12.2 Å². The average molecular weight is 275 g/mol. The lowest BCUT2D eigenvalue weighted by molar-refractivity contribution is 0.276. The van der Waals surface area contributed by atoms with Crippen LogP contribution >= 0.6 is 0 Å². The van der Waals surface area contributed by atoms with Gasteiger partial charge in [-0.2, -0.15) is 5.26 Å². The first-order valence-electron chi connectivity index (χ1n) is 6.16. The van der Waals surface area contributed by atoms with Gasteiger partial charge in [0.15, 0.2) is 0 Å². The van der Waals surface area contributed by atoms with Crippen LogP contribution < -0.4 is 5.32 Å². The molecule has 0 aliphatic carbocycles. The van der Waals surface area contributed by atoms with Crippen molar-refractivity contribution in [3.8, 4) is 6.07 Å². The van der Waals surface area contributed by atoms with Gasteiger partial charge in [0, 0.05) is 13.2 Å². The Labute approximate surface area is 115 Å². The van der Waals surface area contributed by atoms with E-state index in [1.807, 2.05) is 6.07 Å². The first-order valence-corrected chi connectivity index (χ1v) is 6.16. The van der Waals surface area contributed by atoms with E-state index < -0.39 is 5.82 Å². The van der Waals surface area contributed by atoms with Crippen molar-refractivity contribution in [2.75, 3.05) is 11.9 Å². The molecule has 0 fully saturated rings. The van der Waals surface area contributed by atoms with E-state index in [1.165, 1.54) is 18.2 Å². The van der Waals surface area contributed by atoms with Crippen molar-refractivity contribution in [1.29, 1.82) is 5.26 Å². The molecular formula is C13H14FN5O. The van der Waals surface area contributed by atoms with Gasteiger partial charge in [0.2, 0.25) is 0 Å². The molecule has 0 unspecified atom stereocenters. The number of nitriles is 1. The molecule has 6 nitrogen and oxygen atoms in total. The summed E-state index contributed by atoms with van der Waals surface area (Å²) in [6.07, 6.45) is 2.38. The Morgan fingerprint density at radius 2 is 2.30 bits per heavy atom. The van der Waals surface area contributed by atoms with Crippen molar-refractivity contribution in [2.24, 2.45) is 0 Å². The number of halogens is 1. The molecule has 1 aromatic carbocycles. The van der Waals surface area contributed by atoms with E-state index in [4.69, 9.17) is 10.4 Å². The topological polar surface area (TPSA) is 86.8 Å². The number of anilines is 1. The van der Waals surface area contributed by atoms with E-state index in [1.54, 1.807) is 10.9 Å². The summed E-state index contributed by atoms with van der Waals surface area (Å²) in [5, 5.41) is 28.6. The molecule has 1 heterocycles. The van der Waals surface area contributed by atoms with Gasteiger partial charge in [0.1, 0.15) is 17.6 Å². The normalized spacial score (nSPS) is 10.2. The lowest BCUT2D eigenvalue weighted by Crippen LogP contribution is -2.02. The van der Waals surface area contributed by atoms with Crippen LogP contribution in [-0.2, 0) is 13.1 Å². The molecular weight excluding hydrogens is 261 g/mol. The maximum atomic E-state index is 13.0. The Morgan fingerprint density at radius 1 is 1.45 bits per heavy atom. The van der Waals surface area contributed by atoms with Gasteiger partial charge in [-0.3, -0.25) is 4.68 Å². The highest BCUT2D eigenvalue weighted by atomic mass is 19.1. The zero-order valence-electron chi connectivity index (χ0n) is 10.8. The number of benzene rings is 1. The van der Waals surface area contributed by atoms with Crippen LogP contribution in [0.3, 0.4) is 0 Å². The Bertz CT molecular complexity index is 619. The van der Waals surface area contributed by atoms with Gasteiger partial charge in [-0.15, -0.1) is 5.10 Å². The van der Waals surface area contributed by atoms with Crippen molar-refractivity contribution in [1.82, 2.24) is 15.0 Å². The molecule has 0 bridgehead atoms. The summed E-state index contributed by atoms with van der Waals surface area (Å²) < 4.78 is 14.6. The van der Waals surface area contributed by atoms with Gasteiger partial charge in [-0.25, -0.2) is 4.39 Å². The number of aliphatic hydroxyl groups excluding tert-OH is 1. The van der Waals surface area contributed by atoms with Crippen LogP contribution in [0.25, 0.3) is 0 Å². The van der Waals surface area contributed by atoms with Gasteiger partial charge in [0.25, 0.3) is 0 Å². The molecule has 0 spiro atoms. The third-order valence-corrected chi connectivity index (χ3v) is 2.69. The van der Waals surface area contributed by atoms with E-state index in [9.17, 15) is 4.39 Å². The number of nitrogens with one attached hydrogen (secondary N) is 1. The molecule has 7 heteroatoms. The minimum atomic E-state index is -0.443. The van der Waals surface area contributed by atoms with Crippen LogP contribution in [0.1, 0.15) is 17.7 Å². The molecule has 1 aromatic heterocycles. The molecule has 0 atom stereocenters. The van der Waals surface area contributed by atoms with Gasteiger partial charge >= 0.3 is 0 Å². The lowest BCUT2D eigenvalue weighted by atomic mass is 10.2. The molecule has 2 rings (SSSR count). The zero-order valence-corrected chi connectivity index (χ0v) is 10.8. The quantitative estimate of drug-likeness (QED) is 0.829. The molecule has 2 N–H and O–H groups in total. The number of aliphatic hydroxyl groups is 1. The summed E-state index contributed by atoms with van der Waals surface area (Å²) >= 11 is 0. The number of hydrogen-bond donors (Lipinski definition) is 2. The van der Waals surface area contributed by atoms with Crippen LogP contribution in [0.5, 0.6) is 0 Å². The maximum absolute atomic E-state index is 13.0. The second-order valence-corrected chi connectivity index (χ2v) is 4.21. The third-order valence-electron chi connectivity index (χ3n) is 2.69. The Balaban J connectivity index is 1.98. The fourth-order valence-electron chi connectivity index (χ4n) is 1.71. The third kappa shape index (κ3) is 3.52. The highest BCUT2D eigenvalue weighted by Gasteiger charge is 2.05. The zero-order chi connectivity index (χ0) is 14.4. The Kier molecular flexibility index (Phi) is 4.63. The van der Waals surface area contributed by atoms with Crippen LogP contribution in [-0.4, -0.2) is 26.7 Å². The molecule has 104 valence electrons. The predicted molar refractivity (Wildman–Crippen MR) is 70.2 cm³/mol. The van der Waals surface area contributed by atoms with Crippen molar-refractivity contribution in [3.63, 3.8) is 0 Å². The minimum Gasteiger partial charge on any atom is -0.396 e. The summed E-state index contributed by atoms with van der Waals surface area (Å²) in [6.45, 7) is 1.09. The van der Waals surface area contributed by atoms with Crippen molar-refractivity contribution in [3.05, 3.63) is 41.5 Å². The average Bonchev–Trinajstić information content (AvgIpc) is 2.91.